The Bertz CT molecular complexity index is 1970. The van der Waals surface area contributed by atoms with E-state index in [2.05, 4.69) is 52.8 Å². The molecule has 0 unspecified atom stereocenters. The van der Waals surface area contributed by atoms with Crippen LogP contribution in [-0.2, 0) is 47.9 Å². The van der Waals surface area contributed by atoms with Crippen molar-refractivity contribution in [2.45, 2.75) is 201 Å². The Morgan fingerprint density at radius 2 is 0.808 bits per heavy atom. The van der Waals surface area contributed by atoms with Crippen LogP contribution in [0.2, 0.25) is 0 Å². The summed E-state index contributed by atoms with van der Waals surface area (Å²) in [6, 6.07) is -11.9. The number of aliphatic hydroxyl groups excluding tert-OH is 2. The molecule has 0 heterocycles. The maximum Gasteiger partial charge on any atom is 0.245 e. The van der Waals surface area contributed by atoms with E-state index in [0.29, 0.717) is 19.3 Å². The molecule has 0 bridgehead atoms. The van der Waals surface area contributed by atoms with E-state index in [9.17, 15) is 58.2 Å². The van der Waals surface area contributed by atoms with E-state index >= 15 is 0 Å². The molecule has 0 radical (unpaired) electrons. The van der Waals surface area contributed by atoms with Gasteiger partial charge in [0.05, 0.1) is 19.3 Å². The van der Waals surface area contributed by atoms with Crippen LogP contribution in [0, 0.1) is 29.6 Å². The number of hydrogen-bond acceptors (Lipinski definition) is 15. The van der Waals surface area contributed by atoms with E-state index in [1.807, 2.05) is 27.7 Å². The van der Waals surface area contributed by atoms with Gasteiger partial charge < -0.3 is 86.7 Å². The van der Waals surface area contributed by atoms with Crippen LogP contribution in [-0.4, -0.2) is 162 Å². The van der Waals surface area contributed by atoms with Gasteiger partial charge in [-0.25, -0.2) is 0 Å². The first-order valence-electron chi connectivity index (χ1n) is 27.2. The third kappa shape index (κ3) is 28.4. The van der Waals surface area contributed by atoms with Gasteiger partial charge in [0.15, 0.2) is 5.96 Å². The molecule has 0 saturated heterocycles. The van der Waals surface area contributed by atoms with Crippen molar-refractivity contribution in [3.63, 3.8) is 0 Å². The molecule has 0 aromatic rings. The minimum Gasteiger partial charge on any atom is -0.394 e. The summed E-state index contributed by atoms with van der Waals surface area (Å²) in [6.45, 7) is 18.1. The minimum absolute atomic E-state index is 0.00431. The third-order valence-corrected chi connectivity index (χ3v) is 12.4. The fourth-order valence-corrected chi connectivity index (χ4v) is 8.03. The number of carbonyl (C=O) groups excluding carboxylic acids is 10. The van der Waals surface area contributed by atoms with Crippen molar-refractivity contribution in [2.75, 3.05) is 26.2 Å². The highest BCUT2D eigenvalue weighted by Gasteiger charge is 2.37. The van der Waals surface area contributed by atoms with Crippen molar-refractivity contribution in [1.82, 2.24) is 47.9 Å². The van der Waals surface area contributed by atoms with Gasteiger partial charge in [0.1, 0.15) is 54.4 Å². The molecule has 0 aromatic carbocycles. The second-order valence-corrected chi connectivity index (χ2v) is 21.6. The number of unbranched alkanes of at least 4 members (excludes halogenated alkanes) is 1. The van der Waals surface area contributed by atoms with Crippen molar-refractivity contribution in [2.24, 2.45) is 63.3 Å². The van der Waals surface area contributed by atoms with E-state index in [0.717, 1.165) is 0 Å². The van der Waals surface area contributed by atoms with E-state index in [1.165, 1.54) is 6.92 Å². The highest BCUT2D eigenvalue weighted by Crippen LogP contribution is 2.15. The number of rotatable bonds is 39. The monoisotopic (exact) mass is 1110 g/mol. The van der Waals surface area contributed by atoms with E-state index in [-0.39, 0.29) is 94.2 Å². The van der Waals surface area contributed by atoms with E-state index in [1.54, 1.807) is 41.5 Å². The first-order chi connectivity index (χ1) is 36.4. The van der Waals surface area contributed by atoms with E-state index < -0.39 is 132 Å². The second-order valence-electron chi connectivity index (χ2n) is 21.6. The molecule has 0 rings (SSSR count). The fraction of sp³-hybridized carbons (Fsp3) is 0.784. The molecular formula is C51H97N15O12. The lowest BCUT2D eigenvalue weighted by Gasteiger charge is -2.30. The lowest BCUT2D eigenvalue weighted by molar-refractivity contribution is -0.137. The topological polar surface area (TPSA) is 462 Å². The Balaban J connectivity index is 6.81. The fourth-order valence-electron chi connectivity index (χ4n) is 8.03. The maximum absolute atomic E-state index is 14.3. The number of aliphatic hydroxyl groups is 2. The molecule has 27 nitrogen and oxygen atoms in total. The molecule has 0 aliphatic carbocycles. The summed E-state index contributed by atoms with van der Waals surface area (Å²) < 4.78 is 0. The molecule has 0 spiro atoms. The first kappa shape index (κ1) is 71.8. The summed E-state index contributed by atoms with van der Waals surface area (Å²) in [5, 5.41) is 44.5. The van der Waals surface area contributed by atoms with Crippen LogP contribution >= 0.6 is 0 Å². The predicted octanol–water partition coefficient (Wildman–Crippen LogP) is -3.42. The smallest absolute Gasteiger partial charge is 0.245 e. The summed E-state index contributed by atoms with van der Waals surface area (Å²) in [4.78, 5) is 139. The molecular weight excluding hydrogens is 1010 g/mol. The van der Waals surface area contributed by atoms with Crippen molar-refractivity contribution in [3.8, 4) is 0 Å². The molecule has 11 atom stereocenters. The molecule has 10 amide bonds. The van der Waals surface area contributed by atoms with Gasteiger partial charge in [-0.15, -0.1) is 0 Å². The lowest BCUT2D eigenvalue weighted by atomic mass is 9.96. The first-order valence-corrected chi connectivity index (χ1v) is 27.2. The molecule has 0 fully saturated rings. The van der Waals surface area contributed by atoms with Gasteiger partial charge in [-0.3, -0.25) is 52.9 Å². The van der Waals surface area contributed by atoms with Crippen molar-refractivity contribution in [1.29, 1.82) is 0 Å². The van der Waals surface area contributed by atoms with Crippen LogP contribution in [0.4, 0.5) is 0 Å². The largest absolute Gasteiger partial charge is 0.394 e. The SMILES string of the molecule is CC[C@H](C)[C@H](NC(=O)[C@H](CCCN=C(N)N)NC(=O)[C@H](CO)NC(=O)[C@H](CC(C)C)NC(=O)[C@H](CC(C)C)NC(=O)CN)C(=O)N[C@@H](CCCCN)C(=O)N[C@H](C(=O)N[C@@H](CC(C)C)C(=O)N[C@@H](CC(C)C)C(N)=O)[C@@H](C)O. The summed E-state index contributed by atoms with van der Waals surface area (Å²) in [7, 11) is 0. The van der Waals surface area contributed by atoms with Gasteiger partial charge in [-0.1, -0.05) is 75.7 Å². The average molecular weight is 1110 g/mol. The lowest BCUT2D eigenvalue weighted by Crippen LogP contribution is -2.62. The Kier molecular flexibility index (Phi) is 34.6. The average Bonchev–Trinajstić information content (AvgIpc) is 3.34. The molecule has 27 heteroatoms. The molecule has 0 saturated carbocycles. The Hall–Kier alpha value is -6.19. The number of aliphatic imine (C=N–C) groups is 1. The summed E-state index contributed by atoms with van der Waals surface area (Å²) in [5.74, 6) is -9.28. The molecule has 21 N–H and O–H groups in total. The predicted molar refractivity (Wildman–Crippen MR) is 294 cm³/mol. The highest BCUT2D eigenvalue weighted by molar-refractivity contribution is 5.98. The summed E-state index contributed by atoms with van der Waals surface area (Å²) in [5.41, 5.74) is 27.8. The highest BCUT2D eigenvalue weighted by atomic mass is 16.3. The van der Waals surface area contributed by atoms with Gasteiger partial charge in [0.25, 0.3) is 0 Å². The number of carbonyl (C=O) groups is 10. The van der Waals surface area contributed by atoms with Crippen molar-refractivity contribution >= 4 is 65.0 Å². The van der Waals surface area contributed by atoms with Crippen LogP contribution in [0.5, 0.6) is 0 Å². The van der Waals surface area contributed by atoms with Gasteiger partial charge in [0.2, 0.25) is 59.1 Å². The number of guanidine groups is 1. The van der Waals surface area contributed by atoms with Crippen LogP contribution in [0.15, 0.2) is 4.99 Å². The number of nitrogens with one attached hydrogen (secondary N) is 9. The van der Waals surface area contributed by atoms with Crippen LogP contribution < -0.4 is 76.5 Å². The van der Waals surface area contributed by atoms with E-state index in [4.69, 9.17) is 28.7 Å². The Morgan fingerprint density at radius 1 is 0.449 bits per heavy atom. The molecule has 448 valence electrons. The van der Waals surface area contributed by atoms with Gasteiger partial charge in [-0.2, -0.15) is 0 Å². The van der Waals surface area contributed by atoms with Crippen molar-refractivity contribution in [3.05, 3.63) is 0 Å². The molecule has 0 aliphatic heterocycles. The van der Waals surface area contributed by atoms with Crippen LogP contribution in [0.1, 0.15) is 140 Å². The number of nitrogens with two attached hydrogens (primary N) is 5. The zero-order valence-electron chi connectivity index (χ0n) is 47.9. The quantitative estimate of drug-likeness (QED) is 0.0162. The van der Waals surface area contributed by atoms with Crippen LogP contribution in [0.3, 0.4) is 0 Å². The second kappa shape index (κ2) is 37.6. The summed E-state index contributed by atoms with van der Waals surface area (Å²) in [6.07, 6.45) is 0.207. The normalized spacial score (nSPS) is 15.6. The molecule has 78 heavy (non-hydrogen) atoms. The van der Waals surface area contributed by atoms with Gasteiger partial charge >= 0.3 is 0 Å². The Labute approximate surface area is 460 Å². The minimum atomic E-state index is -1.66. The molecule has 0 aromatic heterocycles. The Morgan fingerprint density at radius 3 is 1.22 bits per heavy atom. The van der Waals surface area contributed by atoms with Crippen molar-refractivity contribution < 1.29 is 58.2 Å². The number of primary amides is 1. The maximum atomic E-state index is 14.3. The standard InChI is InChI=1S/C51H97N15O12/c1-12-30(10)40(49(77)60-32(16-13-14-18-52)44(72)66-41(31(11)68)50(78)63-37(23-29(8)9)46(74)61-34(42(54)70)20-26(2)3)65-43(71)33(17-15-19-57-51(55)56)59-48(76)38(25-67)64-47(75)36(22-28(6)7)62-45(73)35(21-27(4)5)58-39(69)24-53/h26-38,40-41,67-68H,12-25,52-53H2,1-11H3,(H2,54,70)(H,58,69)(H,59,76)(H,60,77)(H,61,74)(H,62,73)(H,63,78)(H,64,75)(H,65,71)(H,66,72)(H4,55,56,57)/t30-,31+,32-,33-,34-,35-,36-,37-,38-,40-,41-/m0/s1. The van der Waals surface area contributed by atoms with Gasteiger partial charge in [0, 0.05) is 6.54 Å². The van der Waals surface area contributed by atoms with Gasteiger partial charge in [-0.05, 0) is 101 Å². The summed E-state index contributed by atoms with van der Waals surface area (Å²) >= 11 is 0. The molecule has 0 aliphatic rings. The number of nitrogens with zero attached hydrogens (tertiary/aromatic N) is 1. The number of amides is 10. The zero-order chi connectivity index (χ0) is 60.0. The number of hydrogen-bond donors (Lipinski definition) is 16. The van der Waals surface area contributed by atoms with Crippen LogP contribution in [0.25, 0.3) is 0 Å². The zero-order valence-corrected chi connectivity index (χ0v) is 47.9. The third-order valence-electron chi connectivity index (χ3n) is 12.4.